The molecule has 1 aromatic carbocycles. The van der Waals surface area contributed by atoms with E-state index < -0.39 is 0 Å². The Labute approximate surface area is 179 Å². The SMILES string of the molecule is CCc1nc2c(N)nc3cccnc3c2n1CCCCNC(=O)c1ccc(N)c(N)c1. The van der Waals surface area contributed by atoms with Crippen LogP contribution in [-0.4, -0.2) is 32.0 Å². The molecule has 0 saturated heterocycles. The van der Waals surface area contributed by atoms with E-state index in [1.54, 1.807) is 24.4 Å². The first-order chi connectivity index (χ1) is 15.0. The van der Waals surface area contributed by atoms with Gasteiger partial charge in [-0.3, -0.25) is 9.78 Å². The van der Waals surface area contributed by atoms with Crippen molar-refractivity contribution >= 4 is 45.2 Å². The van der Waals surface area contributed by atoms with E-state index in [9.17, 15) is 4.79 Å². The van der Waals surface area contributed by atoms with E-state index in [4.69, 9.17) is 22.2 Å². The molecule has 3 heterocycles. The Morgan fingerprint density at radius 1 is 1.06 bits per heavy atom. The lowest BCUT2D eigenvalue weighted by Gasteiger charge is -2.10. The molecule has 31 heavy (non-hydrogen) atoms. The highest BCUT2D eigenvalue weighted by Crippen LogP contribution is 2.28. The van der Waals surface area contributed by atoms with Gasteiger partial charge in [-0.1, -0.05) is 6.92 Å². The Hall–Kier alpha value is -3.88. The van der Waals surface area contributed by atoms with Gasteiger partial charge in [-0.2, -0.15) is 0 Å². The van der Waals surface area contributed by atoms with E-state index in [1.807, 2.05) is 12.1 Å². The lowest BCUT2D eigenvalue weighted by atomic mass is 10.1. The van der Waals surface area contributed by atoms with Crippen molar-refractivity contribution in [3.63, 3.8) is 0 Å². The lowest BCUT2D eigenvalue weighted by molar-refractivity contribution is 0.0953. The Morgan fingerprint density at radius 2 is 1.90 bits per heavy atom. The number of imidazole rings is 1. The number of nitrogens with one attached hydrogen (secondary N) is 1. The highest BCUT2D eigenvalue weighted by atomic mass is 16.1. The van der Waals surface area contributed by atoms with Gasteiger partial charge in [0.15, 0.2) is 5.82 Å². The molecule has 9 heteroatoms. The Balaban J connectivity index is 1.45. The number of benzene rings is 1. The maximum Gasteiger partial charge on any atom is 0.251 e. The van der Waals surface area contributed by atoms with E-state index in [0.29, 0.717) is 34.8 Å². The van der Waals surface area contributed by atoms with Crippen molar-refractivity contribution in [1.82, 2.24) is 24.8 Å². The molecule has 0 saturated carbocycles. The number of nitrogen functional groups attached to an aromatic ring is 3. The summed E-state index contributed by atoms with van der Waals surface area (Å²) in [6.07, 6.45) is 4.20. The van der Waals surface area contributed by atoms with Gasteiger partial charge < -0.3 is 27.1 Å². The standard InChI is InChI=1S/C22H26N8O/c1-2-17-29-19-20(18-16(28-21(19)25)6-5-10-26-18)30(17)11-4-3-9-27-22(31)13-7-8-14(23)15(24)12-13/h5-8,10,12H,2-4,9,11,23-24H2,1H3,(H2,25,28)(H,27,31). The Bertz CT molecular complexity index is 1260. The monoisotopic (exact) mass is 418 g/mol. The minimum Gasteiger partial charge on any atom is -0.397 e. The van der Waals surface area contributed by atoms with Gasteiger partial charge in [0, 0.05) is 31.3 Å². The number of nitrogens with zero attached hydrogens (tertiary/aromatic N) is 4. The molecule has 1 amide bonds. The maximum absolute atomic E-state index is 12.3. The molecule has 0 atom stereocenters. The summed E-state index contributed by atoms with van der Waals surface area (Å²) in [5, 5.41) is 2.93. The molecule has 0 spiro atoms. The number of nitrogens with two attached hydrogens (primary N) is 3. The van der Waals surface area contributed by atoms with Gasteiger partial charge in [0.05, 0.1) is 16.9 Å². The fourth-order valence-electron chi connectivity index (χ4n) is 3.70. The van der Waals surface area contributed by atoms with Gasteiger partial charge >= 0.3 is 0 Å². The molecule has 0 radical (unpaired) electrons. The molecule has 4 aromatic rings. The first kappa shape index (κ1) is 20.4. The Kier molecular flexibility index (Phi) is 5.57. The zero-order valence-electron chi connectivity index (χ0n) is 17.4. The number of anilines is 3. The van der Waals surface area contributed by atoms with Gasteiger partial charge in [0.25, 0.3) is 5.91 Å². The number of hydrogen-bond donors (Lipinski definition) is 4. The fraction of sp³-hybridized carbons (Fsp3) is 0.273. The molecule has 0 fully saturated rings. The van der Waals surface area contributed by atoms with Crippen LogP contribution in [0.15, 0.2) is 36.5 Å². The predicted molar refractivity (Wildman–Crippen MR) is 123 cm³/mol. The summed E-state index contributed by atoms with van der Waals surface area (Å²) in [4.78, 5) is 26.0. The van der Waals surface area contributed by atoms with Gasteiger partial charge in [0.2, 0.25) is 0 Å². The summed E-state index contributed by atoms with van der Waals surface area (Å²) < 4.78 is 2.17. The van der Waals surface area contributed by atoms with Gasteiger partial charge in [0.1, 0.15) is 22.4 Å². The summed E-state index contributed by atoms with van der Waals surface area (Å²) in [6, 6.07) is 8.65. The number of fused-ring (bicyclic) bond motifs is 3. The van der Waals surface area contributed by atoms with E-state index in [1.165, 1.54) is 0 Å². The van der Waals surface area contributed by atoms with Crippen LogP contribution in [0.4, 0.5) is 17.2 Å². The molecule has 0 unspecified atom stereocenters. The number of carbonyl (C=O) groups is 1. The van der Waals surface area contributed by atoms with Crippen LogP contribution in [-0.2, 0) is 13.0 Å². The van der Waals surface area contributed by atoms with Crippen molar-refractivity contribution in [3.8, 4) is 0 Å². The highest BCUT2D eigenvalue weighted by Gasteiger charge is 2.17. The molecule has 160 valence electrons. The Morgan fingerprint density at radius 3 is 2.68 bits per heavy atom. The predicted octanol–water partition coefficient (Wildman–Crippen LogP) is 2.50. The van der Waals surface area contributed by atoms with Crippen LogP contribution in [0.1, 0.15) is 35.9 Å². The van der Waals surface area contributed by atoms with E-state index in [0.717, 1.165) is 48.2 Å². The minimum absolute atomic E-state index is 0.164. The van der Waals surface area contributed by atoms with Crippen LogP contribution >= 0.6 is 0 Å². The second kappa shape index (κ2) is 8.47. The topological polar surface area (TPSA) is 151 Å². The lowest BCUT2D eigenvalue weighted by Crippen LogP contribution is -2.24. The van der Waals surface area contributed by atoms with Crippen LogP contribution in [0.25, 0.3) is 22.1 Å². The first-order valence-electron chi connectivity index (χ1n) is 10.3. The molecular weight excluding hydrogens is 392 g/mol. The van der Waals surface area contributed by atoms with E-state index in [-0.39, 0.29) is 5.91 Å². The largest absolute Gasteiger partial charge is 0.397 e. The van der Waals surface area contributed by atoms with Crippen LogP contribution in [0.3, 0.4) is 0 Å². The van der Waals surface area contributed by atoms with Crippen molar-refractivity contribution in [2.24, 2.45) is 0 Å². The second-order valence-corrected chi connectivity index (χ2v) is 7.41. The van der Waals surface area contributed by atoms with Crippen molar-refractivity contribution in [2.75, 3.05) is 23.7 Å². The summed E-state index contributed by atoms with van der Waals surface area (Å²) in [6.45, 7) is 3.37. The number of pyridine rings is 2. The van der Waals surface area contributed by atoms with Crippen molar-refractivity contribution in [3.05, 3.63) is 47.9 Å². The number of hydrogen-bond acceptors (Lipinski definition) is 7. The zero-order valence-corrected chi connectivity index (χ0v) is 17.4. The highest BCUT2D eigenvalue weighted by molar-refractivity contribution is 6.04. The molecule has 7 N–H and O–H groups in total. The average molecular weight is 419 g/mol. The molecule has 9 nitrogen and oxygen atoms in total. The molecular formula is C22H26N8O. The number of unbranched alkanes of at least 4 members (excludes halogenated alkanes) is 1. The normalized spacial score (nSPS) is 11.3. The zero-order chi connectivity index (χ0) is 22.0. The summed E-state index contributed by atoms with van der Waals surface area (Å²) >= 11 is 0. The molecule has 4 rings (SSSR count). The third-order valence-corrected chi connectivity index (χ3v) is 5.30. The minimum atomic E-state index is -0.164. The van der Waals surface area contributed by atoms with Crippen molar-refractivity contribution in [2.45, 2.75) is 32.7 Å². The van der Waals surface area contributed by atoms with E-state index >= 15 is 0 Å². The number of amides is 1. The van der Waals surface area contributed by atoms with Crippen molar-refractivity contribution in [1.29, 1.82) is 0 Å². The third-order valence-electron chi connectivity index (χ3n) is 5.30. The van der Waals surface area contributed by atoms with Gasteiger partial charge in [-0.15, -0.1) is 0 Å². The number of aryl methyl sites for hydroxylation is 2. The summed E-state index contributed by atoms with van der Waals surface area (Å²) in [5.74, 6) is 1.20. The number of aromatic nitrogens is 4. The van der Waals surface area contributed by atoms with Crippen LogP contribution in [0.2, 0.25) is 0 Å². The van der Waals surface area contributed by atoms with Crippen LogP contribution in [0, 0.1) is 0 Å². The first-order valence-corrected chi connectivity index (χ1v) is 10.3. The van der Waals surface area contributed by atoms with E-state index in [2.05, 4.69) is 26.8 Å². The quantitative estimate of drug-likeness (QED) is 0.266. The molecule has 0 aliphatic carbocycles. The average Bonchev–Trinajstić information content (AvgIpc) is 3.15. The van der Waals surface area contributed by atoms with Crippen molar-refractivity contribution < 1.29 is 4.79 Å². The number of carbonyl (C=O) groups excluding carboxylic acids is 1. The molecule has 0 aliphatic rings. The maximum atomic E-state index is 12.3. The summed E-state index contributed by atoms with van der Waals surface area (Å²) in [7, 11) is 0. The summed E-state index contributed by atoms with van der Waals surface area (Å²) in [5.41, 5.74) is 22.2. The fourth-order valence-corrected chi connectivity index (χ4v) is 3.70. The second-order valence-electron chi connectivity index (χ2n) is 7.41. The third kappa shape index (κ3) is 3.94. The van der Waals surface area contributed by atoms with Gasteiger partial charge in [-0.25, -0.2) is 9.97 Å². The number of rotatable bonds is 7. The smallest absolute Gasteiger partial charge is 0.251 e. The molecule has 0 bridgehead atoms. The molecule has 0 aliphatic heterocycles. The van der Waals surface area contributed by atoms with Crippen LogP contribution < -0.4 is 22.5 Å². The molecule has 3 aromatic heterocycles. The van der Waals surface area contributed by atoms with Crippen LogP contribution in [0.5, 0.6) is 0 Å². The van der Waals surface area contributed by atoms with Gasteiger partial charge in [-0.05, 0) is 43.2 Å².